The van der Waals surface area contributed by atoms with Gasteiger partial charge in [0.1, 0.15) is 0 Å². The first-order chi connectivity index (χ1) is 9.91. The largest absolute Gasteiger partial charge is 0.481 e. The van der Waals surface area contributed by atoms with Gasteiger partial charge in [0.25, 0.3) is 0 Å². The standard InChI is InChI=1S/C16H28N2O3/c1-16(2,15(20)21)13-6-4-8-18(11-13)14(19)9-12-5-3-7-17-10-12/h12-13,17H,3-11H2,1-2H3,(H,20,21). The van der Waals surface area contributed by atoms with Crippen molar-refractivity contribution in [1.29, 1.82) is 0 Å². The normalized spacial score (nSPS) is 27.4. The summed E-state index contributed by atoms with van der Waals surface area (Å²) in [5, 5.41) is 12.7. The molecule has 2 fully saturated rings. The van der Waals surface area contributed by atoms with Crippen LogP contribution in [0.5, 0.6) is 0 Å². The van der Waals surface area contributed by atoms with Crippen LogP contribution in [-0.4, -0.2) is 48.1 Å². The zero-order valence-corrected chi connectivity index (χ0v) is 13.2. The molecule has 2 heterocycles. The lowest BCUT2D eigenvalue weighted by atomic mass is 9.74. The molecular formula is C16H28N2O3. The van der Waals surface area contributed by atoms with Crippen molar-refractivity contribution in [3.05, 3.63) is 0 Å². The van der Waals surface area contributed by atoms with Crippen molar-refractivity contribution >= 4 is 11.9 Å². The number of aliphatic carboxylic acids is 1. The second kappa shape index (κ2) is 6.77. The van der Waals surface area contributed by atoms with E-state index in [4.69, 9.17) is 0 Å². The van der Waals surface area contributed by atoms with Gasteiger partial charge in [0.2, 0.25) is 5.91 Å². The second-order valence-electron chi connectivity index (χ2n) is 7.12. The number of amides is 1. The van der Waals surface area contributed by atoms with E-state index in [2.05, 4.69) is 5.32 Å². The van der Waals surface area contributed by atoms with Crippen molar-refractivity contribution in [2.45, 2.75) is 46.0 Å². The number of piperidine rings is 2. The fourth-order valence-electron chi connectivity index (χ4n) is 3.44. The zero-order chi connectivity index (χ0) is 15.5. The quantitative estimate of drug-likeness (QED) is 0.829. The molecule has 0 aromatic rings. The molecule has 0 aromatic heterocycles. The summed E-state index contributed by atoms with van der Waals surface area (Å²) in [4.78, 5) is 25.8. The van der Waals surface area contributed by atoms with Gasteiger partial charge in [-0.2, -0.15) is 0 Å². The summed E-state index contributed by atoms with van der Waals surface area (Å²) < 4.78 is 0. The summed E-state index contributed by atoms with van der Waals surface area (Å²) in [6, 6.07) is 0. The first kappa shape index (κ1) is 16.3. The van der Waals surface area contributed by atoms with E-state index in [1.165, 1.54) is 0 Å². The molecule has 0 spiro atoms. The van der Waals surface area contributed by atoms with E-state index in [-0.39, 0.29) is 11.8 Å². The third-order valence-corrected chi connectivity index (χ3v) is 5.21. The van der Waals surface area contributed by atoms with Gasteiger partial charge in [-0.3, -0.25) is 9.59 Å². The molecule has 120 valence electrons. The van der Waals surface area contributed by atoms with E-state index in [1.54, 1.807) is 13.8 Å². The maximum Gasteiger partial charge on any atom is 0.309 e. The van der Waals surface area contributed by atoms with E-state index >= 15 is 0 Å². The predicted octanol–water partition coefficient (Wildman–Crippen LogP) is 1.73. The number of carbonyl (C=O) groups excluding carboxylic acids is 1. The van der Waals surface area contributed by atoms with Crippen LogP contribution >= 0.6 is 0 Å². The average Bonchev–Trinajstić information content (AvgIpc) is 2.48. The number of rotatable bonds is 4. The van der Waals surface area contributed by atoms with Gasteiger partial charge >= 0.3 is 5.97 Å². The highest BCUT2D eigenvalue weighted by atomic mass is 16.4. The lowest BCUT2D eigenvalue weighted by molar-refractivity contribution is -0.153. The van der Waals surface area contributed by atoms with Crippen LogP contribution in [0.2, 0.25) is 0 Å². The minimum Gasteiger partial charge on any atom is -0.481 e. The summed E-state index contributed by atoms with van der Waals surface area (Å²) >= 11 is 0. The van der Waals surface area contributed by atoms with Crippen LogP contribution in [-0.2, 0) is 9.59 Å². The Morgan fingerprint density at radius 1 is 1.29 bits per heavy atom. The van der Waals surface area contributed by atoms with Gasteiger partial charge in [-0.15, -0.1) is 0 Å². The van der Waals surface area contributed by atoms with Gasteiger partial charge in [-0.05, 0) is 64.5 Å². The Balaban J connectivity index is 1.90. The first-order valence-electron chi connectivity index (χ1n) is 8.13. The summed E-state index contributed by atoms with van der Waals surface area (Å²) in [5.74, 6) is -0.0656. The highest BCUT2D eigenvalue weighted by molar-refractivity contribution is 5.77. The summed E-state index contributed by atoms with van der Waals surface area (Å²) in [5.41, 5.74) is -0.759. The molecule has 5 heteroatoms. The maximum atomic E-state index is 12.5. The molecule has 2 saturated heterocycles. The maximum absolute atomic E-state index is 12.5. The molecule has 0 radical (unpaired) electrons. The molecule has 1 amide bonds. The van der Waals surface area contributed by atoms with Crippen molar-refractivity contribution < 1.29 is 14.7 Å². The fourth-order valence-corrected chi connectivity index (χ4v) is 3.44. The Morgan fingerprint density at radius 3 is 2.67 bits per heavy atom. The van der Waals surface area contributed by atoms with Crippen molar-refractivity contribution in [3.8, 4) is 0 Å². The van der Waals surface area contributed by atoms with Crippen LogP contribution < -0.4 is 5.32 Å². The highest BCUT2D eigenvalue weighted by Crippen LogP contribution is 2.34. The van der Waals surface area contributed by atoms with Crippen molar-refractivity contribution in [1.82, 2.24) is 10.2 Å². The number of likely N-dealkylation sites (tertiary alicyclic amines) is 1. The molecule has 21 heavy (non-hydrogen) atoms. The first-order valence-corrected chi connectivity index (χ1v) is 8.13. The van der Waals surface area contributed by atoms with E-state index in [1.807, 2.05) is 4.90 Å². The highest BCUT2D eigenvalue weighted by Gasteiger charge is 2.40. The van der Waals surface area contributed by atoms with E-state index in [0.29, 0.717) is 18.9 Å². The molecular weight excluding hydrogens is 268 g/mol. The van der Waals surface area contributed by atoms with Crippen LogP contribution in [0.3, 0.4) is 0 Å². The number of nitrogens with one attached hydrogen (secondary N) is 1. The average molecular weight is 296 g/mol. The number of carboxylic acids is 1. The van der Waals surface area contributed by atoms with Crippen LogP contribution in [0, 0.1) is 17.3 Å². The smallest absolute Gasteiger partial charge is 0.309 e. The van der Waals surface area contributed by atoms with Gasteiger partial charge < -0.3 is 15.3 Å². The van der Waals surface area contributed by atoms with E-state index < -0.39 is 11.4 Å². The Hall–Kier alpha value is -1.10. The molecule has 2 unspecified atom stereocenters. The fraction of sp³-hybridized carbons (Fsp3) is 0.875. The Bertz CT molecular complexity index is 389. The van der Waals surface area contributed by atoms with Gasteiger partial charge in [0.15, 0.2) is 0 Å². The minimum atomic E-state index is -0.765. The molecule has 0 saturated carbocycles. The molecule has 0 bridgehead atoms. The molecule has 2 rings (SSSR count). The van der Waals surface area contributed by atoms with Crippen LogP contribution in [0.1, 0.15) is 46.0 Å². The molecule has 2 atom stereocenters. The number of nitrogens with zero attached hydrogens (tertiary/aromatic N) is 1. The molecule has 2 aliphatic heterocycles. The van der Waals surface area contributed by atoms with Crippen molar-refractivity contribution in [3.63, 3.8) is 0 Å². The number of carbonyl (C=O) groups is 2. The Morgan fingerprint density at radius 2 is 2.05 bits per heavy atom. The molecule has 0 aliphatic carbocycles. The number of hydrogen-bond acceptors (Lipinski definition) is 3. The molecule has 5 nitrogen and oxygen atoms in total. The second-order valence-corrected chi connectivity index (χ2v) is 7.12. The summed E-state index contributed by atoms with van der Waals surface area (Å²) in [6.07, 6.45) is 4.68. The number of hydrogen-bond donors (Lipinski definition) is 2. The van der Waals surface area contributed by atoms with E-state index in [9.17, 15) is 14.7 Å². The molecule has 2 N–H and O–H groups in total. The van der Waals surface area contributed by atoms with E-state index in [0.717, 1.165) is 45.3 Å². The van der Waals surface area contributed by atoms with Crippen molar-refractivity contribution in [2.24, 2.45) is 17.3 Å². The summed E-state index contributed by atoms with van der Waals surface area (Å²) in [7, 11) is 0. The van der Waals surface area contributed by atoms with Gasteiger partial charge in [-0.25, -0.2) is 0 Å². The topological polar surface area (TPSA) is 69.6 Å². The van der Waals surface area contributed by atoms with Crippen LogP contribution in [0.25, 0.3) is 0 Å². The minimum absolute atomic E-state index is 0.0529. The molecule has 2 aliphatic rings. The van der Waals surface area contributed by atoms with Gasteiger partial charge in [0, 0.05) is 19.5 Å². The summed E-state index contributed by atoms with van der Waals surface area (Å²) in [6.45, 7) is 6.93. The monoisotopic (exact) mass is 296 g/mol. The zero-order valence-electron chi connectivity index (χ0n) is 13.2. The SMILES string of the molecule is CC(C)(C(=O)O)C1CCCN(C(=O)CC2CCCNC2)C1. The lowest BCUT2D eigenvalue weighted by Gasteiger charge is -2.39. The lowest BCUT2D eigenvalue weighted by Crippen LogP contribution is -2.47. The van der Waals surface area contributed by atoms with Crippen LogP contribution in [0.15, 0.2) is 0 Å². The molecule has 0 aromatic carbocycles. The van der Waals surface area contributed by atoms with Crippen molar-refractivity contribution in [2.75, 3.05) is 26.2 Å². The third-order valence-electron chi connectivity index (χ3n) is 5.21. The predicted molar refractivity (Wildman–Crippen MR) is 80.9 cm³/mol. The third kappa shape index (κ3) is 3.96. The van der Waals surface area contributed by atoms with Gasteiger partial charge in [-0.1, -0.05) is 0 Å². The van der Waals surface area contributed by atoms with Crippen LogP contribution in [0.4, 0.5) is 0 Å². The number of carboxylic acid groups (broad SMARTS) is 1. The van der Waals surface area contributed by atoms with Gasteiger partial charge in [0.05, 0.1) is 5.41 Å². The Kier molecular flexibility index (Phi) is 5.25. The Labute approximate surface area is 127 Å².